The molecule has 3 aromatic rings. The lowest BCUT2D eigenvalue weighted by Gasteiger charge is -2.34. The first-order chi connectivity index (χ1) is 14.9. The number of fused-ring (bicyclic) bond motifs is 1. The fraction of sp³-hybridized carbons (Fsp3) is 0.409. The van der Waals surface area contributed by atoms with Gasteiger partial charge in [0.2, 0.25) is 5.91 Å². The number of aromatic amines is 1. The lowest BCUT2D eigenvalue weighted by Crippen LogP contribution is -2.42. The van der Waals surface area contributed by atoms with Crippen LogP contribution in [0, 0.1) is 0 Å². The molecular formula is C22H27ClN6O2. The highest BCUT2D eigenvalue weighted by molar-refractivity contribution is 6.29. The summed E-state index contributed by atoms with van der Waals surface area (Å²) < 4.78 is 5.32. The number of nitrogens with one attached hydrogen (secondary N) is 2. The van der Waals surface area contributed by atoms with E-state index in [1.165, 1.54) is 0 Å². The molecule has 9 heteroatoms. The van der Waals surface area contributed by atoms with Crippen molar-refractivity contribution in [3.8, 4) is 16.9 Å². The van der Waals surface area contributed by atoms with Crippen LogP contribution in [0.5, 0.6) is 5.75 Å². The van der Waals surface area contributed by atoms with E-state index in [0.717, 1.165) is 53.7 Å². The van der Waals surface area contributed by atoms with E-state index in [4.69, 9.17) is 22.1 Å². The fourth-order valence-corrected chi connectivity index (χ4v) is 4.51. The van der Waals surface area contributed by atoms with Gasteiger partial charge in [0.25, 0.3) is 0 Å². The minimum Gasteiger partial charge on any atom is -0.495 e. The number of H-pyrrole nitrogens is 1. The van der Waals surface area contributed by atoms with Gasteiger partial charge in [-0.3, -0.25) is 9.69 Å². The molecule has 3 heterocycles. The number of carbonyl (C=O) groups is 1. The van der Waals surface area contributed by atoms with Crippen molar-refractivity contribution in [2.45, 2.75) is 37.8 Å². The van der Waals surface area contributed by atoms with E-state index in [-0.39, 0.29) is 5.91 Å². The van der Waals surface area contributed by atoms with Gasteiger partial charge in [-0.05, 0) is 56.5 Å². The number of primary amides is 1. The third kappa shape index (κ3) is 4.91. The average molecular weight is 443 g/mol. The van der Waals surface area contributed by atoms with Crippen molar-refractivity contribution in [2.24, 2.45) is 5.73 Å². The van der Waals surface area contributed by atoms with Crippen LogP contribution in [0.25, 0.3) is 22.2 Å². The molecule has 0 atom stereocenters. The van der Waals surface area contributed by atoms with Crippen molar-refractivity contribution in [3.63, 3.8) is 0 Å². The Balaban J connectivity index is 1.49. The molecule has 1 amide bonds. The summed E-state index contributed by atoms with van der Waals surface area (Å²) in [6.07, 6.45) is 7.60. The number of hydrogen-bond acceptors (Lipinski definition) is 6. The molecule has 1 fully saturated rings. The number of amides is 1. The molecule has 0 aliphatic heterocycles. The molecule has 164 valence electrons. The molecule has 31 heavy (non-hydrogen) atoms. The minimum atomic E-state index is -0.288. The molecule has 8 nitrogen and oxygen atoms in total. The second kappa shape index (κ2) is 9.11. The predicted octanol–water partition coefficient (Wildman–Crippen LogP) is 3.43. The summed E-state index contributed by atoms with van der Waals surface area (Å²) in [6.45, 7) is 0.298. The quantitative estimate of drug-likeness (QED) is 0.483. The molecule has 0 aromatic carbocycles. The molecule has 1 saturated carbocycles. The molecule has 3 aromatic heterocycles. The Morgan fingerprint density at radius 3 is 2.81 bits per heavy atom. The predicted molar refractivity (Wildman–Crippen MR) is 122 cm³/mol. The average Bonchev–Trinajstić information content (AvgIpc) is 3.16. The Hall–Kier alpha value is -2.84. The van der Waals surface area contributed by atoms with E-state index >= 15 is 0 Å². The summed E-state index contributed by atoms with van der Waals surface area (Å²) in [5, 5.41) is 4.93. The van der Waals surface area contributed by atoms with Crippen LogP contribution in [0.15, 0.2) is 30.6 Å². The van der Waals surface area contributed by atoms with Crippen LogP contribution in [0.1, 0.15) is 25.7 Å². The molecule has 4 N–H and O–H groups in total. The van der Waals surface area contributed by atoms with Gasteiger partial charge in [-0.15, -0.1) is 0 Å². The van der Waals surface area contributed by atoms with Crippen molar-refractivity contribution >= 4 is 34.4 Å². The van der Waals surface area contributed by atoms with Gasteiger partial charge in [0.15, 0.2) is 0 Å². The maximum Gasteiger partial charge on any atom is 0.231 e. The number of hydrogen-bond donors (Lipinski definition) is 3. The maximum absolute atomic E-state index is 11.2. The van der Waals surface area contributed by atoms with Crippen LogP contribution in [-0.4, -0.2) is 58.5 Å². The summed E-state index contributed by atoms with van der Waals surface area (Å²) in [4.78, 5) is 25.3. The first-order valence-electron chi connectivity index (χ1n) is 10.4. The summed E-state index contributed by atoms with van der Waals surface area (Å²) in [7, 11) is 3.58. The van der Waals surface area contributed by atoms with Crippen LogP contribution in [0.3, 0.4) is 0 Å². The summed E-state index contributed by atoms with van der Waals surface area (Å²) in [5.74, 6) is 1.16. The lowest BCUT2D eigenvalue weighted by molar-refractivity contribution is -0.119. The number of ether oxygens (including phenoxy) is 1. The number of likely N-dealkylation sites (N-methyl/N-ethyl adjacent to an activating group) is 1. The van der Waals surface area contributed by atoms with Crippen molar-refractivity contribution < 1.29 is 9.53 Å². The summed E-state index contributed by atoms with van der Waals surface area (Å²) in [6, 6.07) is 6.51. The zero-order chi connectivity index (χ0) is 22.0. The lowest BCUT2D eigenvalue weighted by atomic mass is 9.90. The second-order valence-electron chi connectivity index (χ2n) is 8.07. The van der Waals surface area contributed by atoms with E-state index in [0.29, 0.717) is 29.5 Å². The van der Waals surface area contributed by atoms with Crippen molar-refractivity contribution in [1.29, 1.82) is 0 Å². The molecule has 4 rings (SSSR count). The van der Waals surface area contributed by atoms with Gasteiger partial charge in [0, 0.05) is 29.2 Å². The van der Waals surface area contributed by atoms with Crippen molar-refractivity contribution in [3.05, 3.63) is 35.7 Å². The van der Waals surface area contributed by atoms with Crippen molar-refractivity contribution in [2.75, 3.05) is 26.0 Å². The Labute approximate surface area is 186 Å². The monoisotopic (exact) mass is 442 g/mol. The van der Waals surface area contributed by atoms with Gasteiger partial charge in [0.1, 0.15) is 22.4 Å². The van der Waals surface area contributed by atoms with E-state index in [2.05, 4.69) is 20.3 Å². The molecule has 0 spiro atoms. The van der Waals surface area contributed by atoms with Crippen LogP contribution in [0.2, 0.25) is 5.15 Å². The van der Waals surface area contributed by atoms with E-state index in [1.54, 1.807) is 13.3 Å². The Kier molecular flexibility index (Phi) is 6.29. The van der Waals surface area contributed by atoms with Gasteiger partial charge >= 0.3 is 0 Å². The Morgan fingerprint density at radius 2 is 2.10 bits per heavy atom. The van der Waals surface area contributed by atoms with Gasteiger partial charge in [-0.25, -0.2) is 9.97 Å². The Bertz CT molecular complexity index is 1080. The number of methoxy groups -OCH3 is 1. The number of carbonyl (C=O) groups excluding carboxylic acids is 1. The van der Waals surface area contributed by atoms with E-state index < -0.39 is 0 Å². The zero-order valence-corrected chi connectivity index (χ0v) is 18.4. The molecule has 0 radical (unpaired) electrons. The third-order valence-electron chi connectivity index (χ3n) is 5.92. The van der Waals surface area contributed by atoms with Gasteiger partial charge in [-0.2, -0.15) is 0 Å². The normalized spacial score (nSPS) is 19.0. The van der Waals surface area contributed by atoms with Crippen molar-refractivity contribution in [1.82, 2.24) is 19.9 Å². The minimum absolute atomic E-state index is 0.288. The highest BCUT2D eigenvalue weighted by Crippen LogP contribution is 2.33. The Morgan fingerprint density at radius 1 is 1.32 bits per heavy atom. The molecule has 0 saturated heterocycles. The largest absolute Gasteiger partial charge is 0.495 e. The number of aromatic nitrogens is 3. The smallest absolute Gasteiger partial charge is 0.231 e. The first kappa shape index (κ1) is 21.4. The van der Waals surface area contributed by atoms with Crippen LogP contribution in [0.4, 0.5) is 5.82 Å². The number of anilines is 1. The maximum atomic E-state index is 11.2. The van der Waals surface area contributed by atoms with E-state index in [9.17, 15) is 4.79 Å². The van der Waals surface area contributed by atoms with Gasteiger partial charge in [-0.1, -0.05) is 11.6 Å². The number of rotatable bonds is 7. The third-order valence-corrected chi connectivity index (χ3v) is 6.12. The second-order valence-corrected chi connectivity index (χ2v) is 8.46. The molecule has 0 bridgehead atoms. The van der Waals surface area contributed by atoms with E-state index in [1.807, 2.05) is 36.3 Å². The number of nitrogens with zero attached hydrogens (tertiary/aromatic N) is 3. The molecule has 0 unspecified atom stereocenters. The first-order valence-corrected chi connectivity index (χ1v) is 10.7. The summed E-state index contributed by atoms with van der Waals surface area (Å²) in [5.41, 5.74) is 8.06. The highest BCUT2D eigenvalue weighted by atomic mass is 35.5. The SMILES string of the molecule is COc1cnc2[nH]cc(-c3cc(Cl)nc(N[C@H]4CC[C@H](N(C)CC(N)=O)CC4)c3)c2c1. The highest BCUT2D eigenvalue weighted by Gasteiger charge is 2.25. The van der Waals surface area contributed by atoms with Crippen LogP contribution in [-0.2, 0) is 4.79 Å². The molecule has 1 aliphatic rings. The topological polar surface area (TPSA) is 109 Å². The zero-order valence-electron chi connectivity index (χ0n) is 17.7. The fourth-order valence-electron chi connectivity index (χ4n) is 4.31. The summed E-state index contributed by atoms with van der Waals surface area (Å²) >= 11 is 6.36. The van der Waals surface area contributed by atoms with Crippen LogP contribution < -0.4 is 15.8 Å². The number of nitrogens with two attached hydrogens (primary N) is 1. The molecule has 1 aliphatic carbocycles. The number of halogens is 1. The number of pyridine rings is 2. The van der Waals surface area contributed by atoms with Crippen LogP contribution >= 0.6 is 11.6 Å². The van der Waals surface area contributed by atoms with Gasteiger partial charge < -0.3 is 20.8 Å². The standard InChI is InChI=1S/C22H27ClN6O2/c1-29(12-20(24)30)15-5-3-14(4-6-15)27-21-8-13(7-19(23)28-21)18-11-26-22-17(18)9-16(31-2)10-25-22/h7-11,14-15H,3-6,12H2,1-2H3,(H2,24,30)(H,25,26)(H,27,28)/t14-,15-. The molecular weight excluding hydrogens is 416 g/mol. The van der Waals surface area contributed by atoms with Gasteiger partial charge in [0.05, 0.1) is 19.9 Å².